The van der Waals surface area contributed by atoms with E-state index in [-0.39, 0.29) is 11.4 Å². The Balaban J connectivity index is 1.37. The van der Waals surface area contributed by atoms with Crippen LogP contribution in [0.5, 0.6) is 11.6 Å². The average molecular weight is 443 g/mol. The normalized spacial score (nSPS) is 11.2. The third-order valence-corrected chi connectivity index (χ3v) is 4.88. The van der Waals surface area contributed by atoms with E-state index in [1.54, 1.807) is 54.3 Å². The van der Waals surface area contributed by atoms with E-state index in [4.69, 9.17) is 4.74 Å². The third kappa shape index (κ3) is 5.74. The number of carbonyl (C=O) groups excluding carboxylic acids is 1. The van der Waals surface area contributed by atoms with Crippen molar-refractivity contribution in [1.82, 2.24) is 19.7 Å². The lowest BCUT2D eigenvalue weighted by molar-refractivity contribution is 0.262. The molecule has 0 radical (unpaired) electrons. The number of hydrogen-bond donors (Lipinski definition) is 2. The second kappa shape index (κ2) is 9.12. The van der Waals surface area contributed by atoms with E-state index in [2.05, 4.69) is 46.5 Å². The van der Waals surface area contributed by atoms with Crippen molar-refractivity contribution in [2.24, 2.45) is 0 Å². The summed E-state index contributed by atoms with van der Waals surface area (Å²) < 4.78 is 7.51. The average Bonchev–Trinajstić information content (AvgIpc) is 3.29. The second-order valence-electron chi connectivity index (χ2n) is 8.60. The van der Waals surface area contributed by atoms with Crippen molar-refractivity contribution in [1.29, 1.82) is 0 Å². The summed E-state index contributed by atoms with van der Waals surface area (Å²) in [6.07, 6.45) is 3.48. The number of nitrogens with zero attached hydrogens (tertiary/aromatic N) is 4. The Morgan fingerprint density at radius 2 is 1.58 bits per heavy atom. The van der Waals surface area contributed by atoms with Crippen LogP contribution in [-0.4, -0.2) is 25.8 Å². The van der Waals surface area contributed by atoms with Gasteiger partial charge in [-0.25, -0.2) is 14.5 Å². The maximum absolute atomic E-state index is 12.3. The quantitative estimate of drug-likeness (QED) is 0.413. The monoisotopic (exact) mass is 442 g/mol. The van der Waals surface area contributed by atoms with E-state index in [9.17, 15) is 4.79 Å². The van der Waals surface area contributed by atoms with Crippen LogP contribution in [0.2, 0.25) is 0 Å². The van der Waals surface area contributed by atoms with Gasteiger partial charge in [0, 0.05) is 29.8 Å². The molecule has 33 heavy (non-hydrogen) atoms. The molecule has 8 heteroatoms. The molecule has 2 aromatic carbocycles. The lowest BCUT2D eigenvalue weighted by Crippen LogP contribution is -2.19. The van der Waals surface area contributed by atoms with Gasteiger partial charge in [-0.2, -0.15) is 10.1 Å². The maximum Gasteiger partial charge on any atom is 0.323 e. The van der Waals surface area contributed by atoms with Crippen LogP contribution in [0.25, 0.3) is 5.82 Å². The Bertz CT molecular complexity index is 1230. The molecule has 0 fully saturated rings. The number of amides is 2. The Morgan fingerprint density at radius 3 is 2.15 bits per heavy atom. The first-order valence-corrected chi connectivity index (χ1v) is 10.6. The number of aromatic nitrogens is 4. The number of carbonyl (C=O) groups is 1. The molecule has 0 aliphatic rings. The van der Waals surface area contributed by atoms with Gasteiger partial charge in [0.25, 0.3) is 0 Å². The highest BCUT2D eigenvalue weighted by molar-refractivity contribution is 5.99. The van der Waals surface area contributed by atoms with Gasteiger partial charge < -0.3 is 15.4 Å². The number of hydrogen-bond acceptors (Lipinski definition) is 5. The van der Waals surface area contributed by atoms with Crippen LogP contribution in [-0.2, 0) is 5.41 Å². The van der Waals surface area contributed by atoms with Gasteiger partial charge in [-0.15, -0.1) is 0 Å². The molecule has 2 heterocycles. The van der Waals surface area contributed by atoms with Gasteiger partial charge in [-0.3, -0.25) is 0 Å². The molecule has 0 saturated heterocycles. The fourth-order valence-electron chi connectivity index (χ4n) is 3.17. The predicted molar refractivity (Wildman–Crippen MR) is 128 cm³/mol. The Kier molecular flexibility index (Phi) is 6.08. The van der Waals surface area contributed by atoms with E-state index in [0.29, 0.717) is 29.0 Å². The number of nitrogens with one attached hydrogen (secondary N) is 2. The third-order valence-electron chi connectivity index (χ3n) is 4.88. The molecule has 8 nitrogen and oxygen atoms in total. The van der Waals surface area contributed by atoms with Crippen molar-refractivity contribution in [2.45, 2.75) is 33.1 Å². The molecule has 0 spiro atoms. The summed E-state index contributed by atoms with van der Waals surface area (Å²) in [6.45, 7) is 8.25. The maximum atomic E-state index is 12.3. The molecule has 0 bridgehead atoms. The molecule has 0 saturated carbocycles. The summed E-state index contributed by atoms with van der Waals surface area (Å²) in [5.74, 6) is 2.19. The zero-order valence-corrected chi connectivity index (χ0v) is 19.0. The van der Waals surface area contributed by atoms with Gasteiger partial charge >= 0.3 is 6.03 Å². The van der Waals surface area contributed by atoms with Crippen LogP contribution in [0.4, 0.5) is 16.2 Å². The highest BCUT2D eigenvalue weighted by atomic mass is 16.5. The highest BCUT2D eigenvalue weighted by Gasteiger charge is 2.13. The van der Waals surface area contributed by atoms with Crippen LogP contribution in [0.1, 0.15) is 32.2 Å². The van der Waals surface area contributed by atoms with Crippen LogP contribution >= 0.6 is 0 Å². The predicted octanol–water partition coefficient (Wildman–Crippen LogP) is 5.70. The summed E-state index contributed by atoms with van der Waals surface area (Å²) in [7, 11) is 0. The van der Waals surface area contributed by atoms with Gasteiger partial charge in [0.05, 0.1) is 0 Å². The smallest absolute Gasteiger partial charge is 0.323 e. The SMILES string of the molecule is Cc1nc(Oc2ccc(NC(=O)Nc3ccc(C(C)(C)C)cc3)cc2)cc(-n2cccn2)n1. The molecule has 0 aliphatic carbocycles. The van der Waals surface area contributed by atoms with E-state index < -0.39 is 0 Å². The van der Waals surface area contributed by atoms with Crippen molar-refractivity contribution < 1.29 is 9.53 Å². The van der Waals surface area contributed by atoms with Gasteiger partial charge in [0.15, 0.2) is 5.82 Å². The first kappa shape index (κ1) is 22.0. The van der Waals surface area contributed by atoms with E-state index in [1.807, 2.05) is 30.3 Å². The number of urea groups is 1. The molecule has 0 atom stereocenters. The molecule has 0 unspecified atom stereocenters. The van der Waals surface area contributed by atoms with Gasteiger partial charge in [-0.05, 0) is 60.4 Å². The lowest BCUT2D eigenvalue weighted by Gasteiger charge is -2.19. The fourth-order valence-corrected chi connectivity index (χ4v) is 3.17. The topological polar surface area (TPSA) is 94.0 Å². The summed E-state index contributed by atoms with van der Waals surface area (Å²) in [4.78, 5) is 21.0. The molecule has 2 amide bonds. The van der Waals surface area contributed by atoms with Crippen molar-refractivity contribution in [3.8, 4) is 17.4 Å². The van der Waals surface area contributed by atoms with Crippen molar-refractivity contribution in [3.63, 3.8) is 0 Å². The van der Waals surface area contributed by atoms with E-state index >= 15 is 0 Å². The summed E-state index contributed by atoms with van der Waals surface area (Å²) >= 11 is 0. The number of anilines is 2. The molecule has 2 aromatic heterocycles. The van der Waals surface area contributed by atoms with E-state index in [0.717, 1.165) is 5.69 Å². The van der Waals surface area contributed by atoms with Gasteiger partial charge in [0.1, 0.15) is 11.6 Å². The standard InChI is InChI=1S/C25H26N6O2/c1-17-27-22(31-15-5-14-26-31)16-23(28-17)33-21-12-10-20(11-13-21)30-24(32)29-19-8-6-18(7-9-19)25(2,3)4/h5-16H,1-4H3,(H2,29,30,32). The fraction of sp³-hybridized carbons (Fsp3) is 0.200. The molecular formula is C25H26N6O2. The number of benzene rings is 2. The molecule has 0 aliphatic heterocycles. The van der Waals surface area contributed by atoms with Gasteiger partial charge in [-0.1, -0.05) is 32.9 Å². The van der Waals surface area contributed by atoms with Crippen LogP contribution in [0.15, 0.2) is 73.1 Å². The summed E-state index contributed by atoms with van der Waals surface area (Å²) in [6, 6.07) is 18.1. The molecule has 168 valence electrons. The zero-order valence-electron chi connectivity index (χ0n) is 19.0. The highest BCUT2D eigenvalue weighted by Crippen LogP contribution is 2.25. The van der Waals surface area contributed by atoms with Crippen molar-refractivity contribution in [2.75, 3.05) is 10.6 Å². The first-order valence-electron chi connectivity index (χ1n) is 10.6. The van der Waals surface area contributed by atoms with Crippen molar-refractivity contribution in [3.05, 3.63) is 84.4 Å². The molecular weight excluding hydrogens is 416 g/mol. The number of ether oxygens (including phenoxy) is 1. The minimum atomic E-state index is -0.317. The molecule has 4 aromatic rings. The van der Waals surface area contributed by atoms with Crippen LogP contribution in [0.3, 0.4) is 0 Å². The number of rotatable bonds is 5. The molecule has 2 N–H and O–H groups in total. The minimum absolute atomic E-state index is 0.0653. The van der Waals surface area contributed by atoms with E-state index in [1.165, 1.54) is 5.56 Å². The van der Waals surface area contributed by atoms with Crippen LogP contribution in [0, 0.1) is 6.92 Å². The van der Waals surface area contributed by atoms with Crippen LogP contribution < -0.4 is 15.4 Å². The van der Waals surface area contributed by atoms with Gasteiger partial charge in [0.2, 0.25) is 5.88 Å². The van der Waals surface area contributed by atoms with Crippen molar-refractivity contribution >= 4 is 17.4 Å². The summed E-state index contributed by atoms with van der Waals surface area (Å²) in [5, 5.41) is 9.85. The Morgan fingerprint density at radius 1 is 0.939 bits per heavy atom. The first-order chi connectivity index (χ1) is 15.8. The lowest BCUT2D eigenvalue weighted by atomic mass is 9.87. The summed E-state index contributed by atoms with van der Waals surface area (Å²) in [5.41, 5.74) is 2.64. The zero-order chi connectivity index (χ0) is 23.4. The Hall–Kier alpha value is -4.20. The Labute approximate surface area is 192 Å². The molecule has 4 rings (SSSR count). The minimum Gasteiger partial charge on any atom is -0.439 e. The second-order valence-corrected chi connectivity index (χ2v) is 8.60. The number of aryl methyl sites for hydroxylation is 1. The largest absolute Gasteiger partial charge is 0.439 e.